The van der Waals surface area contributed by atoms with Gasteiger partial charge < -0.3 is 4.90 Å². The highest BCUT2D eigenvalue weighted by Crippen LogP contribution is 2.21. The molecule has 0 spiro atoms. The Bertz CT molecular complexity index is 1170. The zero-order valence-electron chi connectivity index (χ0n) is 18.9. The van der Waals surface area contributed by atoms with E-state index in [0.29, 0.717) is 43.9 Å². The second kappa shape index (κ2) is 10.3. The summed E-state index contributed by atoms with van der Waals surface area (Å²) in [7, 11) is -1.61. The number of aromatic nitrogens is 2. The Morgan fingerprint density at radius 3 is 2.36 bits per heavy atom. The molecule has 1 amide bonds. The number of hydrogen-bond donors (Lipinski definition) is 0. The number of amides is 1. The van der Waals surface area contributed by atoms with Gasteiger partial charge in [0.2, 0.25) is 15.9 Å². The zero-order chi connectivity index (χ0) is 23.3. The van der Waals surface area contributed by atoms with Gasteiger partial charge in [0, 0.05) is 44.9 Å². The number of sulfonamides is 1. The molecule has 0 atom stereocenters. The summed E-state index contributed by atoms with van der Waals surface area (Å²) in [5.74, 6) is 0.0413. The van der Waals surface area contributed by atoms with Crippen molar-refractivity contribution >= 4 is 15.9 Å². The third kappa shape index (κ3) is 5.89. The molecule has 33 heavy (non-hydrogen) atoms. The molecule has 1 aliphatic rings. The molecule has 0 saturated carbocycles. The molecular formula is C25H30N4O3S. The lowest BCUT2D eigenvalue weighted by atomic mass is 10.1. The van der Waals surface area contributed by atoms with Crippen molar-refractivity contribution in [3.63, 3.8) is 0 Å². The molecule has 0 bridgehead atoms. The van der Waals surface area contributed by atoms with E-state index >= 15 is 0 Å². The molecule has 2 aromatic carbocycles. The van der Waals surface area contributed by atoms with Gasteiger partial charge in [0.1, 0.15) is 0 Å². The van der Waals surface area contributed by atoms with Crippen LogP contribution in [-0.4, -0.2) is 53.4 Å². The average molecular weight is 467 g/mol. The number of hydrogen-bond acceptors (Lipinski definition) is 4. The van der Waals surface area contributed by atoms with Crippen LogP contribution in [0.2, 0.25) is 0 Å². The number of nitrogens with zero attached hydrogens (tertiary/aromatic N) is 4. The first-order chi connectivity index (χ1) is 15.9. The van der Waals surface area contributed by atoms with E-state index in [4.69, 9.17) is 0 Å². The van der Waals surface area contributed by atoms with Crippen molar-refractivity contribution in [2.45, 2.75) is 43.7 Å². The molecule has 2 heterocycles. The Kier molecular flexibility index (Phi) is 7.25. The standard InChI is InChI=1S/C25H30N4O3S/c1-27(18-23-17-26-28(20-23)19-22-7-3-2-4-8-22)25(30)14-11-21-9-12-24(13-10-21)33(31,32)29-15-5-6-16-29/h2-4,7-10,12-13,17,20H,5-6,11,14-16,18-19H2,1H3. The fraction of sp³-hybridized carbons (Fsp3) is 0.360. The molecular weight excluding hydrogens is 436 g/mol. The first kappa shape index (κ1) is 23.2. The molecule has 1 saturated heterocycles. The van der Waals surface area contributed by atoms with E-state index in [9.17, 15) is 13.2 Å². The minimum atomic E-state index is -3.40. The zero-order valence-corrected chi connectivity index (χ0v) is 19.7. The minimum absolute atomic E-state index is 0.0413. The van der Waals surface area contributed by atoms with Crippen LogP contribution in [-0.2, 0) is 34.3 Å². The number of carbonyl (C=O) groups excluding carboxylic acids is 1. The van der Waals surface area contributed by atoms with Gasteiger partial charge in [0.15, 0.2) is 0 Å². The molecule has 1 fully saturated rings. The van der Waals surface area contributed by atoms with Crippen molar-refractivity contribution < 1.29 is 13.2 Å². The van der Waals surface area contributed by atoms with E-state index in [1.54, 1.807) is 34.6 Å². The molecule has 1 aliphatic heterocycles. The smallest absolute Gasteiger partial charge is 0.243 e. The van der Waals surface area contributed by atoms with Gasteiger partial charge in [-0.1, -0.05) is 42.5 Å². The van der Waals surface area contributed by atoms with Crippen LogP contribution in [0.3, 0.4) is 0 Å². The van der Waals surface area contributed by atoms with E-state index in [-0.39, 0.29) is 5.91 Å². The summed E-state index contributed by atoms with van der Waals surface area (Å²) in [6.45, 7) is 2.38. The number of rotatable bonds is 9. The highest BCUT2D eigenvalue weighted by atomic mass is 32.2. The summed E-state index contributed by atoms with van der Waals surface area (Å²) in [5.41, 5.74) is 3.11. The number of benzene rings is 2. The Morgan fingerprint density at radius 1 is 0.970 bits per heavy atom. The van der Waals surface area contributed by atoms with Crippen molar-refractivity contribution in [1.29, 1.82) is 0 Å². The van der Waals surface area contributed by atoms with Crippen LogP contribution in [0.5, 0.6) is 0 Å². The van der Waals surface area contributed by atoms with Gasteiger partial charge in [-0.3, -0.25) is 9.48 Å². The number of aryl methyl sites for hydroxylation is 1. The van der Waals surface area contributed by atoms with E-state index in [0.717, 1.165) is 24.0 Å². The Hall–Kier alpha value is -2.97. The molecule has 8 heteroatoms. The highest BCUT2D eigenvalue weighted by molar-refractivity contribution is 7.89. The van der Waals surface area contributed by atoms with Gasteiger partial charge in [-0.2, -0.15) is 9.40 Å². The van der Waals surface area contributed by atoms with Crippen LogP contribution in [0.25, 0.3) is 0 Å². The lowest BCUT2D eigenvalue weighted by Crippen LogP contribution is -2.27. The van der Waals surface area contributed by atoms with E-state index in [2.05, 4.69) is 17.2 Å². The predicted molar refractivity (Wildman–Crippen MR) is 127 cm³/mol. The lowest BCUT2D eigenvalue weighted by molar-refractivity contribution is -0.130. The van der Waals surface area contributed by atoms with Crippen LogP contribution >= 0.6 is 0 Å². The summed E-state index contributed by atoms with van der Waals surface area (Å²) in [5, 5.41) is 4.40. The van der Waals surface area contributed by atoms with Crippen LogP contribution in [0, 0.1) is 0 Å². The lowest BCUT2D eigenvalue weighted by Gasteiger charge is -2.17. The maximum Gasteiger partial charge on any atom is 0.243 e. The number of carbonyl (C=O) groups is 1. The van der Waals surface area contributed by atoms with Crippen LogP contribution in [0.4, 0.5) is 0 Å². The van der Waals surface area contributed by atoms with Gasteiger partial charge in [0.25, 0.3) is 0 Å². The maximum absolute atomic E-state index is 12.6. The van der Waals surface area contributed by atoms with Crippen molar-refractivity contribution in [1.82, 2.24) is 19.0 Å². The molecule has 0 radical (unpaired) electrons. The SMILES string of the molecule is CN(Cc1cnn(Cc2ccccc2)c1)C(=O)CCc1ccc(S(=O)(=O)N2CCCC2)cc1. The molecule has 1 aromatic heterocycles. The third-order valence-corrected chi connectivity index (χ3v) is 7.89. The molecule has 174 valence electrons. The third-order valence-electron chi connectivity index (χ3n) is 5.97. The largest absolute Gasteiger partial charge is 0.341 e. The van der Waals surface area contributed by atoms with Gasteiger partial charge in [0.05, 0.1) is 17.6 Å². The normalized spacial score (nSPS) is 14.5. The van der Waals surface area contributed by atoms with Crippen molar-refractivity contribution in [2.75, 3.05) is 20.1 Å². The molecule has 7 nitrogen and oxygen atoms in total. The van der Waals surface area contributed by atoms with Crippen molar-refractivity contribution in [3.8, 4) is 0 Å². The van der Waals surface area contributed by atoms with Crippen LogP contribution in [0.1, 0.15) is 36.0 Å². The fourth-order valence-corrected chi connectivity index (χ4v) is 5.57. The first-order valence-electron chi connectivity index (χ1n) is 11.3. The molecule has 3 aromatic rings. The summed E-state index contributed by atoms with van der Waals surface area (Å²) in [4.78, 5) is 14.6. The minimum Gasteiger partial charge on any atom is -0.341 e. The van der Waals surface area contributed by atoms with Crippen LogP contribution < -0.4 is 0 Å². The summed E-state index contributed by atoms with van der Waals surface area (Å²) < 4.78 is 28.7. The molecule has 4 rings (SSSR count). The highest BCUT2D eigenvalue weighted by Gasteiger charge is 2.26. The fourth-order valence-electron chi connectivity index (χ4n) is 4.05. The van der Waals surface area contributed by atoms with Gasteiger partial charge in [-0.05, 0) is 42.5 Å². The second-order valence-corrected chi connectivity index (χ2v) is 10.5. The summed E-state index contributed by atoms with van der Waals surface area (Å²) in [6.07, 6.45) is 6.54. The van der Waals surface area contributed by atoms with Crippen LogP contribution in [0.15, 0.2) is 71.9 Å². The quantitative estimate of drug-likeness (QED) is 0.485. The summed E-state index contributed by atoms with van der Waals surface area (Å²) in [6, 6.07) is 17.0. The van der Waals surface area contributed by atoms with Gasteiger partial charge in [-0.25, -0.2) is 8.42 Å². The average Bonchev–Trinajstić information content (AvgIpc) is 3.51. The summed E-state index contributed by atoms with van der Waals surface area (Å²) >= 11 is 0. The van der Waals surface area contributed by atoms with E-state index in [1.807, 2.05) is 41.2 Å². The van der Waals surface area contributed by atoms with E-state index in [1.165, 1.54) is 5.56 Å². The molecule has 0 N–H and O–H groups in total. The molecule has 0 aliphatic carbocycles. The Morgan fingerprint density at radius 2 is 1.67 bits per heavy atom. The second-order valence-electron chi connectivity index (χ2n) is 8.54. The first-order valence-corrected chi connectivity index (χ1v) is 12.7. The molecule has 0 unspecified atom stereocenters. The van der Waals surface area contributed by atoms with E-state index < -0.39 is 10.0 Å². The van der Waals surface area contributed by atoms with Gasteiger partial charge in [-0.15, -0.1) is 0 Å². The maximum atomic E-state index is 12.6. The Labute approximate surface area is 195 Å². The monoisotopic (exact) mass is 466 g/mol. The Balaban J connectivity index is 1.27. The van der Waals surface area contributed by atoms with Crippen molar-refractivity contribution in [2.24, 2.45) is 0 Å². The predicted octanol–water partition coefficient (Wildman–Crippen LogP) is 3.31. The van der Waals surface area contributed by atoms with Gasteiger partial charge >= 0.3 is 0 Å². The topological polar surface area (TPSA) is 75.5 Å². The van der Waals surface area contributed by atoms with Crippen molar-refractivity contribution in [3.05, 3.63) is 83.7 Å².